The molecule has 5 rings (SSSR count). The number of nitrogens with one attached hydrogen (secondary N) is 1. The van der Waals surface area contributed by atoms with Gasteiger partial charge >= 0.3 is 0 Å². The van der Waals surface area contributed by atoms with Crippen LogP contribution in [0.3, 0.4) is 0 Å². The average molecular weight is 477 g/mol. The molecule has 1 saturated heterocycles. The van der Waals surface area contributed by atoms with E-state index in [0.717, 1.165) is 17.4 Å². The summed E-state index contributed by atoms with van der Waals surface area (Å²) in [7, 11) is -3.75. The number of sulfonamides is 1. The summed E-state index contributed by atoms with van der Waals surface area (Å²) in [6.07, 6.45) is 3.03. The molecule has 0 radical (unpaired) electrons. The van der Waals surface area contributed by atoms with Gasteiger partial charge in [0.15, 0.2) is 5.69 Å². The Balaban J connectivity index is 1.31. The summed E-state index contributed by atoms with van der Waals surface area (Å²) in [5, 5.41) is 7.53. The molecule has 0 bridgehead atoms. The maximum Gasteiger partial charge on any atom is 0.273 e. The van der Waals surface area contributed by atoms with E-state index in [1.54, 1.807) is 30.5 Å². The summed E-state index contributed by atoms with van der Waals surface area (Å²) in [5.41, 5.74) is 1.63. The summed E-state index contributed by atoms with van der Waals surface area (Å²) < 4.78 is 33.9. The molecule has 8 nitrogen and oxygen atoms in total. The molecule has 3 heterocycles. The quantitative estimate of drug-likeness (QED) is 0.455. The number of rotatable bonds is 6. The summed E-state index contributed by atoms with van der Waals surface area (Å²) in [5.74, 6) is -0.00332. The zero-order valence-electron chi connectivity index (χ0n) is 18.4. The minimum Gasteiger partial charge on any atom is -0.360 e. The lowest BCUT2D eigenvalue weighted by molar-refractivity contribution is 0.0941. The van der Waals surface area contributed by atoms with Crippen LogP contribution in [0.15, 0.2) is 82.3 Å². The van der Waals surface area contributed by atoms with Crippen molar-refractivity contribution in [1.82, 2.24) is 19.8 Å². The van der Waals surface area contributed by atoms with Crippen molar-refractivity contribution in [1.29, 1.82) is 0 Å². The molecule has 1 aliphatic heterocycles. The van der Waals surface area contributed by atoms with Gasteiger partial charge in [0.05, 0.1) is 5.52 Å². The molecular weight excluding hydrogens is 452 g/mol. The molecule has 0 spiro atoms. The molecule has 0 saturated carbocycles. The Labute approximate surface area is 197 Å². The van der Waals surface area contributed by atoms with Crippen molar-refractivity contribution < 1.29 is 17.7 Å². The fraction of sp³-hybridized carbons (Fsp3) is 0.240. The van der Waals surface area contributed by atoms with Gasteiger partial charge in [-0.3, -0.25) is 9.78 Å². The number of aromatic nitrogens is 2. The maximum absolute atomic E-state index is 13.5. The Morgan fingerprint density at radius 3 is 2.76 bits per heavy atom. The van der Waals surface area contributed by atoms with E-state index in [1.807, 2.05) is 42.5 Å². The van der Waals surface area contributed by atoms with Gasteiger partial charge in [0, 0.05) is 43.2 Å². The predicted octanol–water partition coefficient (Wildman–Crippen LogP) is 3.72. The highest BCUT2D eigenvalue weighted by Gasteiger charge is 2.34. The number of carbonyl (C=O) groups is 1. The molecule has 174 valence electrons. The van der Waals surface area contributed by atoms with Crippen molar-refractivity contribution in [3.05, 3.63) is 89.9 Å². The van der Waals surface area contributed by atoms with E-state index in [1.165, 1.54) is 4.31 Å². The highest BCUT2D eigenvalue weighted by atomic mass is 32.2. The van der Waals surface area contributed by atoms with Gasteiger partial charge < -0.3 is 9.84 Å². The first-order chi connectivity index (χ1) is 16.5. The van der Waals surface area contributed by atoms with E-state index in [9.17, 15) is 13.2 Å². The van der Waals surface area contributed by atoms with Crippen LogP contribution in [0.4, 0.5) is 0 Å². The molecule has 4 aromatic rings. The molecule has 9 heteroatoms. The second kappa shape index (κ2) is 9.36. The van der Waals surface area contributed by atoms with Crippen LogP contribution in [-0.2, 0) is 16.6 Å². The molecule has 1 fully saturated rings. The third-order valence-electron chi connectivity index (χ3n) is 6.06. The average Bonchev–Trinajstić information content (AvgIpc) is 3.38. The predicted molar refractivity (Wildman–Crippen MR) is 127 cm³/mol. The van der Waals surface area contributed by atoms with E-state index < -0.39 is 10.0 Å². The Kier molecular flexibility index (Phi) is 6.12. The number of amides is 1. The molecule has 2 aromatic heterocycles. The van der Waals surface area contributed by atoms with E-state index in [2.05, 4.69) is 15.5 Å². The Hall–Kier alpha value is -3.56. The highest BCUT2D eigenvalue weighted by Crippen LogP contribution is 2.32. The Morgan fingerprint density at radius 1 is 1.09 bits per heavy atom. The Morgan fingerprint density at radius 2 is 1.91 bits per heavy atom. The lowest BCUT2D eigenvalue weighted by atomic mass is 9.97. The fourth-order valence-corrected chi connectivity index (χ4v) is 5.96. The lowest BCUT2D eigenvalue weighted by Crippen LogP contribution is -2.39. The summed E-state index contributed by atoms with van der Waals surface area (Å²) >= 11 is 0. The third kappa shape index (κ3) is 4.44. The third-order valence-corrected chi connectivity index (χ3v) is 7.95. The van der Waals surface area contributed by atoms with Crippen LogP contribution in [0, 0.1) is 0 Å². The fourth-order valence-electron chi connectivity index (χ4n) is 4.27. The van der Waals surface area contributed by atoms with Crippen LogP contribution >= 0.6 is 0 Å². The van der Waals surface area contributed by atoms with Gasteiger partial charge in [0.25, 0.3) is 5.91 Å². The lowest BCUT2D eigenvalue weighted by Gasteiger charge is -2.30. The number of benzene rings is 2. The molecule has 1 aliphatic rings. The van der Waals surface area contributed by atoms with Crippen LogP contribution in [0.1, 0.15) is 40.6 Å². The molecule has 1 atom stereocenters. The Bertz CT molecular complexity index is 1410. The van der Waals surface area contributed by atoms with E-state index in [4.69, 9.17) is 4.52 Å². The number of piperidine rings is 1. The normalized spacial score (nSPS) is 17.0. The van der Waals surface area contributed by atoms with Gasteiger partial charge in [-0.2, -0.15) is 4.31 Å². The van der Waals surface area contributed by atoms with Crippen LogP contribution in [0.2, 0.25) is 0 Å². The zero-order chi connectivity index (χ0) is 23.5. The summed E-state index contributed by atoms with van der Waals surface area (Å²) in [6, 6.07) is 20.0. The number of carbonyl (C=O) groups excluding carboxylic acids is 1. The van der Waals surface area contributed by atoms with E-state index >= 15 is 0 Å². The van der Waals surface area contributed by atoms with Gasteiger partial charge in [0.1, 0.15) is 10.7 Å². The zero-order valence-corrected chi connectivity index (χ0v) is 19.2. The largest absolute Gasteiger partial charge is 0.360 e. The number of nitrogens with zero attached hydrogens (tertiary/aromatic N) is 3. The molecule has 0 aliphatic carbocycles. The van der Waals surface area contributed by atoms with Crippen LogP contribution in [-0.4, -0.2) is 41.9 Å². The van der Waals surface area contributed by atoms with Crippen LogP contribution < -0.4 is 5.32 Å². The van der Waals surface area contributed by atoms with Crippen LogP contribution in [0.25, 0.3) is 10.9 Å². The number of hydrogen-bond acceptors (Lipinski definition) is 6. The maximum atomic E-state index is 13.5. The monoisotopic (exact) mass is 476 g/mol. The van der Waals surface area contributed by atoms with Gasteiger partial charge in [-0.25, -0.2) is 8.42 Å². The van der Waals surface area contributed by atoms with Crippen molar-refractivity contribution in [3.8, 4) is 0 Å². The van der Waals surface area contributed by atoms with Crippen molar-refractivity contribution >= 4 is 26.8 Å². The number of fused-ring (bicyclic) bond motifs is 1. The number of pyridine rings is 1. The first-order valence-electron chi connectivity index (χ1n) is 11.1. The van der Waals surface area contributed by atoms with E-state index in [-0.39, 0.29) is 29.0 Å². The van der Waals surface area contributed by atoms with Crippen molar-refractivity contribution in [3.63, 3.8) is 0 Å². The minimum absolute atomic E-state index is 0.184. The number of hydrogen-bond donors (Lipinski definition) is 1. The standard InChI is InChI=1S/C25H24N4O4S/c30-25(27-16-18-7-2-1-3-8-18)21-15-22(33-28-21)20-11-6-14-29(17-20)34(31,32)23-12-4-9-19-10-5-13-26-24(19)23/h1-5,7-10,12-13,15,20H,6,11,14,16-17H2,(H,27,30). The first kappa shape index (κ1) is 22.2. The molecule has 1 amide bonds. The summed E-state index contributed by atoms with van der Waals surface area (Å²) in [4.78, 5) is 17.0. The second-order valence-corrected chi connectivity index (χ2v) is 10.2. The number of para-hydroxylation sites is 1. The molecular formula is C25H24N4O4S. The van der Waals surface area contributed by atoms with Crippen molar-refractivity contribution in [2.24, 2.45) is 0 Å². The molecule has 34 heavy (non-hydrogen) atoms. The highest BCUT2D eigenvalue weighted by molar-refractivity contribution is 7.89. The second-order valence-electron chi connectivity index (χ2n) is 8.32. The van der Waals surface area contributed by atoms with Crippen molar-refractivity contribution in [2.45, 2.75) is 30.2 Å². The van der Waals surface area contributed by atoms with Gasteiger partial charge in [0.2, 0.25) is 10.0 Å². The van der Waals surface area contributed by atoms with Crippen LogP contribution in [0.5, 0.6) is 0 Å². The minimum atomic E-state index is -3.75. The molecule has 1 unspecified atom stereocenters. The van der Waals surface area contributed by atoms with Gasteiger partial charge in [-0.1, -0.05) is 53.7 Å². The topological polar surface area (TPSA) is 105 Å². The van der Waals surface area contributed by atoms with E-state index in [0.29, 0.717) is 30.8 Å². The van der Waals surface area contributed by atoms with Gasteiger partial charge in [-0.15, -0.1) is 0 Å². The SMILES string of the molecule is O=C(NCc1ccccc1)c1cc(C2CCCN(S(=O)(=O)c3cccc4cccnc34)C2)on1. The van der Waals surface area contributed by atoms with Crippen molar-refractivity contribution in [2.75, 3.05) is 13.1 Å². The van der Waals surface area contributed by atoms with Gasteiger partial charge in [-0.05, 0) is 30.5 Å². The first-order valence-corrected chi connectivity index (χ1v) is 12.6. The molecule has 2 aromatic carbocycles. The smallest absolute Gasteiger partial charge is 0.273 e. The molecule has 1 N–H and O–H groups in total. The summed E-state index contributed by atoms with van der Waals surface area (Å²) in [6.45, 7) is 1.06.